The van der Waals surface area contributed by atoms with Crippen LogP contribution in [0.15, 0.2) is 35.2 Å². The van der Waals surface area contributed by atoms with Crippen LogP contribution in [0.2, 0.25) is 0 Å². The Morgan fingerprint density at radius 3 is 2.89 bits per heavy atom. The highest BCUT2D eigenvalue weighted by atomic mass is 32.2. The molecule has 0 aliphatic heterocycles. The molecule has 1 N–H and O–H groups in total. The van der Waals surface area contributed by atoms with Crippen LogP contribution >= 0.6 is 11.8 Å². The highest BCUT2D eigenvalue weighted by Gasteiger charge is 2.16. The topological polar surface area (TPSA) is 80.4 Å². The molecular formula is C12H12FNO4S. The van der Waals surface area contributed by atoms with Crippen LogP contribution in [0.1, 0.15) is 13.3 Å². The number of carbonyl (C=O) groups is 1. The van der Waals surface area contributed by atoms with Crippen molar-refractivity contribution in [2.24, 2.45) is 0 Å². The van der Waals surface area contributed by atoms with Crippen LogP contribution in [0.3, 0.4) is 0 Å². The van der Waals surface area contributed by atoms with Crippen molar-refractivity contribution < 1.29 is 19.2 Å². The third-order valence-corrected chi connectivity index (χ3v) is 3.24. The molecule has 0 spiro atoms. The Balaban J connectivity index is 2.80. The molecule has 1 atom stereocenters. The third-order valence-electron chi connectivity index (χ3n) is 2.13. The number of halogens is 1. The van der Waals surface area contributed by atoms with Gasteiger partial charge in [-0.05, 0) is 19.1 Å². The van der Waals surface area contributed by atoms with Crippen LogP contribution in [0.5, 0.6) is 0 Å². The molecule has 0 saturated heterocycles. The Morgan fingerprint density at radius 2 is 2.32 bits per heavy atom. The van der Waals surface area contributed by atoms with E-state index >= 15 is 0 Å². The molecule has 5 nitrogen and oxygen atoms in total. The highest BCUT2D eigenvalue weighted by molar-refractivity contribution is 8.00. The van der Waals surface area contributed by atoms with E-state index in [0.717, 1.165) is 30.0 Å². The first-order valence-electron chi connectivity index (χ1n) is 5.39. The molecule has 102 valence electrons. The van der Waals surface area contributed by atoms with E-state index in [-0.39, 0.29) is 22.3 Å². The molecule has 7 heteroatoms. The van der Waals surface area contributed by atoms with Crippen LogP contribution in [0.25, 0.3) is 0 Å². The Hall–Kier alpha value is -1.89. The average Bonchev–Trinajstić information content (AvgIpc) is 2.27. The van der Waals surface area contributed by atoms with Crippen molar-refractivity contribution in [3.63, 3.8) is 0 Å². The average molecular weight is 285 g/mol. The second-order valence-electron chi connectivity index (χ2n) is 3.72. The molecular weight excluding hydrogens is 273 g/mol. The lowest BCUT2D eigenvalue weighted by atomic mass is 10.3. The number of rotatable bonds is 6. The minimum atomic E-state index is -0.954. The molecule has 0 bridgehead atoms. The van der Waals surface area contributed by atoms with Gasteiger partial charge in [-0.15, -0.1) is 11.8 Å². The van der Waals surface area contributed by atoms with E-state index in [1.165, 1.54) is 6.08 Å². The Bertz CT molecular complexity index is 518. The highest BCUT2D eigenvalue weighted by Crippen LogP contribution is 2.33. The Morgan fingerprint density at radius 1 is 1.63 bits per heavy atom. The van der Waals surface area contributed by atoms with Gasteiger partial charge in [0, 0.05) is 11.3 Å². The monoisotopic (exact) mass is 285 g/mol. The van der Waals surface area contributed by atoms with Crippen molar-refractivity contribution >= 4 is 23.4 Å². The standard InChI is InChI=1S/C12H12FNO4S/c1-8(3-2-4-12(15)16)19-11-7-9(13)5-6-10(11)14(17)18/h2-3,5-8H,4H2,1H3,(H,15,16)/b3-2+. The Labute approximate surface area is 113 Å². The molecule has 1 rings (SSSR count). The number of nitro groups is 1. The minimum Gasteiger partial charge on any atom is -0.481 e. The van der Waals surface area contributed by atoms with Crippen molar-refractivity contribution in [2.45, 2.75) is 23.5 Å². The van der Waals surface area contributed by atoms with Crippen LogP contribution in [0, 0.1) is 15.9 Å². The SMILES string of the molecule is CC(/C=C/CC(=O)O)Sc1cc(F)ccc1[N+](=O)[O-]. The third kappa shape index (κ3) is 5.09. The predicted molar refractivity (Wildman–Crippen MR) is 69.8 cm³/mol. The van der Waals surface area contributed by atoms with Gasteiger partial charge in [0.2, 0.25) is 0 Å². The number of nitrogens with zero attached hydrogens (tertiary/aromatic N) is 1. The van der Waals surface area contributed by atoms with Gasteiger partial charge >= 0.3 is 5.97 Å². The smallest absolute Gasteiger partial charge is 0.307 e. The first-order chi connectivity index (χ1) is 8.90. The zero-order valence-corrected chi connectivity index (χ0v) is 10.9. The molecule has 0 aromatic heterocycles. The zero-order valence-electron chi connectivity index (χ0n) is 10.1. The molecule has 1 aromatic rings. The maximum atomic E-state index is 13.1. The number of benzene rings is 1. The molecule has 0 saturated carbocycles. The fourth-order valence-corrected chi connectivity index (χ4v) is 2.37. The van der Waals surface area contributed by atoms with Gasteiger partial charge in [0.05, 0.1) is 16.2 Å². The van der Waals surface area contributed by atoms with E-state index < -0.39 is 16.7 Å². The number of aliphatic carboxylic acids is 1. The maximum Gasteiger partial charge on any atom is 0.307 e. The van der Waals surface area contributed by atoms with Crippen molar-refractivity contribution in [3.8, 4) is 0 Å². The lowest BCUT2D eigenvalue weighted by Gasteiger charge is -2.06. The van der Waals surface area contributed by atoms with E-state index in [2.05, 4.69) is 0 Å². The molecule has 0 fully saturated rings. The first kappa shape index (κ1) is 15.2. The molecule has 1 unspecified atom stereocenters. The second kappa shape index (κ2) is 6.89. The number of hydrogen-bond donors (Lipinski definition) is 1. The summed E-state index contributed by atoms with van der Waals surface area (Å²) in [4.78, 5) is 20.8. The fraction of sp³-hybridized carbons (Fsp3) is 0.250. The quantitative estimate of drug-likeness (QED) is 0.375. The number of carboxylic acid groups (broad SMARTS) is 1. The second-order valence-corrected chi connectivity index (χ2v) is 5.14. The summed E-state index contributed by atoms with van der Waals surface area (Å²) in [5.74, 6) is -1.50. The summed E-state index contributed by atoms with van der Waals surface area (Å²) < 4.78 is 13.1. The van der Waals surface area contributed by atoms with E-state index in [1.807, 2.05) is 0 Å². The predicted octanol–water partition coefficient (Wildman–Crippen LogP) is 3.25. The molecule has 19 heavy (non-hydrogen) atoms. The maximum absolute atomic E-state index is 13.1. The van der Waals surface area contributed by atoms with Gasteiger partial charge in [0.15, 0.2) is 0 Å². The summed E-state index contributed by atoms with van der Waals surface area (Å²) >= 11 is 1.10. The minimum absolute atomic E-state index is 0.115. The molecule has 0 aliphatic carbocycles. The van der Waals surface area contributed by atoms with Gasteiger partial charge in [-0.3, -0.25) is 14.9 Å². The van der Waals surface area contributed by atoms with Gasteiger partial charge < -0.3 is 5.11 Å². The molecule has 1 aromatic carbocycles. The molecule has 0 aliphatic rings. The number of carboxylic acids is 1. The van der Waals surface area contributed by atoms with Crippen molar-refractivity contribution in [1.82, 2.24) is 0 Å². The molecule has 0 amide bonds. The lowest BCUT2D eigenvalue weighted by Crippen LogP contribution is -1.97. The molecule has 0 heterocycles. The van der Waals surface area contributed by atoms with E-state index in [1.54, 1.807) is 13.0 Å². The number of thioether (sulfide) groups is 1. The summed E-state index contributed by atoms with van der Waals surface area (Å²) in [7, 11) is 0. The van der Waals surface area contributed by atoms with Crippen LogP contribution in [0.4, 0.5) is 10.1 Å². The van der Waals surface area contributed by atoms with Crippen molar-refractivity contribution in [2.75, 3.05) is 0 Å². The summed E-state index contributed by atoms with van der Waals surface area (Å²) in [6.45, 7) is 1.75. The Kier molecular flexibility index (Phi) is 5.50. The summed E-state index contributed by atoms with van der Waals surface area (Å²) in [5, 5.41) is 19.1. The number of hydrogen-bond acceptors (Lipinski definition) is 4. The normalized spacial score (nSPS) is 12.5. The number of nitro benzene ring substituents is 1. The van der Waals surface area contributed by atoms with E-state index in [0.29, 0.717) is 0 Å². The first-order valence-corrected chi connectivity index (χ1v) is 6.27. The van der Waals surface area contributed by atoms with Crippen LogP contribution in [-0.4, -0.2) is 21.2 Å². The van der Waals surface area contributed by atoms with Gasteiger partial charge in [-0.1, -0.05) is 12.2 Å². The lowest BCUT2D eigenvalue weighted by molar-refractivity contribution is -0.387. The largest absolute Gasteiger partial charge is 0.481 e. The fourth-order valence-electron chi connectivity index (χ4n) is 1.33. The van der Waals surface area contributed by atoms with Crippen molar-refractivity contribution in [1.29, 1.82) is 0 Å². The van der Waals surface area contributed by atoms with Gasteiger partial charge in [0.1, 0.15) is 5.82 Å². The van der Waals surface area contributed by atoms with E-state index in [9.17, 15) is 19.3 Å². The van der Waals surface area contributed by atoms with Crippen LogP contribution in [-0.2, 0) is 4.79 Å². The van der Waals surface area contributed by atoms with Gasteiger partial charge in [-0.2, -0.15) is 0 Å². The van der Waals surface area contributed by atoms with Gasteiger partial charge in [0.25, 0.3) is 5.69 Å². The van der Waals surface area contributed by atoms with Crippen molar-refractivity contribution in [3.05, 3.63) is 46.3 Å². The molecule has 0 radical (unpaired) electrons. The zero-order chi connectivity index (χ0) is 14.4. The summed E-state index contributed by atoms with van der Waals surface area (Å²) in [6.07, 6.45) is 2.97. The summed E-state index contributed by atoms with van der Waals surface area (Å²) in [6, 6.07) is 3.25. The van der Waals surface area contributed by atoms with E-state index in [4.69, 9.17) is 5.11 Å². The van der Waals surface area contributed by atoms with Gasteiger partial charge in [-0.25, -0.2) is 4.39 Å². The summed E-state index contributed by atoms with van der Waals surface area (Å²) in [5.41, 5.74) is -0.162. The van der Waals surface area contributed by atoms with Crippen LogP contribution < -0.4 is 0 Å².